The third kappa shape index (κ3) is 5.28. The molecule has 31 heavy (non-hydrogen) atoms. The van der Waals surface area contributed by atoms with Crippen LogP contribution in [0.3, 0.4) is 0 Å². The lowest BCUT2D eigenvalue weighted by Gasteiger charge is -2.33. The number of nitrogens with zero attached hydrogens (tertiary/aromatic N) is 2. The van der Waals surface area contributed by atoms with E-state index in [-0.39, 0.29) is 12.4 Å². The maximum absolute atomic E-state index is 10.4. The topological polar surface area (TPSA) is 65.4 Å². The highest BCUT2D eigenvalue weighted by Gasteiger charge is 2.17. The fourth-order valence-electron chi connectivity index (χ4n) is 3.92. The molecule has 1 atom stereocenters. The van der Waals surface area contributed by atoms with Crippen LogP contribution in [0, 0.1) is 0 Å². The molecule has 6 heteroatoms. The van der Waals surface area contributed by atoms with Crippen LogP contribution in [0.4, 0.5) is 0 Å². The zero-order valence-electron chi connectivity index (χ0n) is 18.1. The summed E-state index contributed by atoms with van der Waals surface area (Å²) in [6.45, 7) is 4.94. The van der Waals surface area contributed by atoms with Crippen LogP contribution in [-0.2, 0) is 0 Å². The first kappa shape index (κ1) is 21.4. The lowest BCUT2D eigenvalue weighted by molar-refractivity contribution is 0.0505. The first-order valence-corrected chi connectivity index (χ1v) is 10.6. The molecular formula is C25H30N2O4. The van der Waals surface area contributed by atoms with Crippen LogP contribution in [-0.4, -0.2) is 79.6 Å². The number of benzene rings is 3. The number of phenols is 1. The van der Waals surface area contributed by atoms with Gasteiger partial charge in [-0.25, -0.2) is 0 Å². The Morgan fingerprint density at radius 3 is 2.39 bits per heavy atom. The number of hydrogen-bond donors (Lipinski definition) is 2. The minimum absolute atomic E-state index is 0.123. The molecule has 1 aliphatic heterocycles. The molecule has 0 radical (unpaired) electrons. The maximum atomic E-state index is 10.4. The standard InChI is InChI=1S/C25H30N2O4/c1-26-9-11-27(12-10-26)16-22(28)17-31-23-7-5-18-3-4-19(13-21(18)14-23)20-6-8-24(29)25(15-20)30-2/h3-8,13-15,22,28-29H,9-12,16-17H2,1-2H3. The number of rotatable bonds is 7. The van der Waals surface area contributed by atoms with E-state index in [9.17, 15) is 10.2 Å². The predicted octanol–water partition coefficient (Wildman–Crippen LogP) is 3.21. The molecule has 4 rings (SSSR count). The summed E-state index contributed by atoms with van der Waals surface area (Å²) in [5.74, 6) is 1.31. The highest BCUT2D eigenvalue weighted by Crippen LogP contribution is 2.33. The fourth-order valence-corrected chi connectivity index (χ4v) is 3.92. The molecule has 1 heterocycles. The van der Waals surface area contributed by atoms with E-state index in [1.807, 2.05) is 30.3 Å². The molecule has 0 aromatic heterocycles. The molecule has 0 spiro atoms. The maximum Gasteiger partial charge on any atom is 0.161 e. The van der Waals surface area contributed by atoms with Gasteiger partial charge in [-0.2, -0.15) is 0 Å². The SMILES string of the molecule is COc1cc(-c2ccc3ccc(OCC(O)CN4CCN(C)CC4)cc3c2)ccc1O. The van der Waals surface area contributed by atoms with Crippen LogP contribution in [0.25, 0.3) is 21.9 Å². The minimum atomic E-state index is -0.519. The van der Waals surface area contributed by atoms with E-state index in [4.69, 9.17) is 9.47 Å². The third-order valence-electron chi connectivity index (χ3n) is 5.83. The molecule has 1 aliphatic rings. The zero-order valence-corrected chi connectivity index (χ0v) is 18.1. The summed E-state index contributed by atoms with van der Waals surface area (Å²) in [6, 6.07) is 17.5. The van der Waals surface area contributed by atoms with Gasteiger partial charge in [0.25, 0.3) is 0 Å². The quantitative estimate of drug-likeness (QED) is 0.610. The number of piperazine rings is 1. The largest absolute Gasteiger partial charge is 0.504 e. The zero-order chi connectivity index (χ0) is 21.8. The lowest BCUT2D eigenvalue weighted by Crippen LogP contribution is -2.47. The number of phenolic OH excluding ortho intramolecular Hbond substituents is 1. The number of fused-ring (bicyclic) bond motifs is 1. The molecule has 0 saturated carbocycles. The number of methoxy groups -OCH3 is 1. The van der Waals surface area contributed by atoms with Crippen molar-refractivity contribution >= 4 is 10.8 Å². The third-order valence-corrected chi connectivity index (χ3v) is 5.83. The van der Waals surface area contributed by atoms with Gasteiger partial charge in [0.2, 0.25) is 0 Å². The lowest BCUT2D eigenvalue weighted by atomic mass is 10.0. The summed E-state index contributed by atoms with van der Waals surface area (Å²) in [7, 11) is 3.67. The van der Waals surface area contributed by atoms with Gasteiger partial charge in [0, 0.05) is 32.7 Å². The Kier molecular flexibility index (Phi) is 6.61. The smallest absolute Gasteiger partial charge is 0.161 e. The molecule has 1 unspecified atom stereocenters. The van der Waals surface area contributed by atoms with E-state index in [1.165, 1.54) is 0 Å². The van der Waals surface area contributed by atoms with Crippen molar-refractivity contribution in [3.8, 4) is 28.4 Å². The molecule has 1 fully saturated rings. The Bertz CT molecular complexity index is 1030. The highest BCUT2D eigenvalue weighted by atomic mass is 16.5. The van der Waals surface area contributed by atoms with E-state index in [2.05, 4.69) is 35.0 Å². The second-order valence-electron chi connectivity index (χ2n) is 8.18. The number of aliphatic hydroxyl groups is 1. The summed E-state index contributed by atoms with van der Waals surface area (Å²) >= 11 is 0. The fraction of sp³-hybridized carbons (Fsp3) is 0.360. The molecule has 3 aromatic rings. The number of likely N-dealkylation sites (N-methyl/N-ethyl adjacent to an activating group) is 1. The van der Waals surface area contributed by atoms with Gasteiger partial charge >= 0.3 is 0 Å². The van der Waals surface area contributed by atoms with Crippen molar-refractivity contribution in [3.05, 3.63) is 54.6 Å². The van der Waals surface area contributed by atoms with Crippen molar-refractivity contribution in [3.63, 3.8) is 0 Å². The number of aliphatic hydroxyl groups excluding tert-OH is 1. The number of ether oxygens (including phenoxy) is 2. The predicted molar refractivity (Wildman–Crippen MR) is 123 cm³/mol. The van der Waals surface area contributed by atoms with Crippen LogP contribution >= 0.6 is 0 Å². The Balaban J connectivity index is 1.43. The van der Waals surface area contributed by atoms with Gasteiger partial charge in [0.15, 0.2) is 11.5 Å². The van der Waals surface area contributed by atoms with Gasteiger partial charge in [0.1, 0.15) is 18.5 Å². The Labute approximate surface area is 183 Å². The van der Waals surface area contributed by atoms with Crippen molar-refractivity contribution in [2.45, 2.75) is 6.10 Å². The second-order valence-corrected chi connectivity index (χ2v) is 8.18. The number of β-amino-alcohol motifs (C(OH)–C–C–N with tert-alkyl or cyclic N) is 1. The van der Waals surface area contributed by atoms with Gasteiger partial charge in [-0.1, -0.05) is 24.3 Å². The average molecular weight is 423 g/mol. The molecule has 0 bridgehead atoms. The summed E-state index contributed by atoms with van der Waals surface area (Å²) in [6.07, 6.45) is -0.519. The Morgan fingerprint density at radius 2 is 1.61 bits per heavy atom. The minimum Gasteiger partial charge on any atom is -0.504 e. The molecule has 0 aliphatic carbocycles. The van der Waals surface area contributed by atoms with Crippen LogP contribution < -0.4 is 9.47 Å². The normalized spacial score (nSPS) is 16.4. The van der Waals surface area contributed by atoms with Gasteiger partial charge < -0.3 is 24.6 Å². The highest BCUT2D eigenvalue weighted by molar-refractivity contribution is 5.88. The first-order chi connectivity index (χ1) is 15.0. The molecule has 2 N–H and O–H groups in total. The van der Waals surface area contributed by atoms with Gasteiger partial charge in [-0.15, -0.1) is 0 Å². The Hall–Kier alpha value is -2.80. The molecule has 164 valence electrons. The summed E-state index contributed by atoms with van der Waals surface area (Å²) in [5.41, 5.74) is 1.99. The van der Waals surface area contributed by atoms with Crippen LogP contribution in [0.2, 0.25) is 0 Å². The number of hydrogen-bond acceptors (Lipinski definition) is 6. The second kappa shape index (κ2) is 9.56. The summed E-state index contributed by atoms with van der Waals surface area (Å²) < 4.78 is 11.1. The van der Waals surface area contributed by atoms with Gasteiger partial charge in [-0.3, -0.25) is 4.90 Å². The number of aromatic hydroxyl groups is 1. The summed E-state index contributed by atoms with van der Waals surface area (Å²) in [5, 5.41) is 22.4. The monoisotopic (exact) mass is 422 g/mol. The molecular weight excluding hydrogens is 392 g/mol. The van der Waals surface area contributed by atoms with E-state index < -0.39 is 6.10 Å². The average Bonchev–Trinajstić information content (AvgIpc) is 2.79. The van der Waals surface area contributed by atoms with Crippen LogP contribution in [0.1, 0.15) is 0 Å². The first-order valence-electron chi connectivity index (χ1n) is 10.6. The molecule has 0 amide bonds. The van der Waals surface area contributed by atoms with E-state index >= 15 is 0 Å². The molecule has 6 nitrogen and oxygen atoms in total. The molecule has 1 saturated heterocycles. The van der Waals surface area contributed by atoms with E-state index in [1.54, 1.807) is 13.2 Å². The van der Waals surface area contributed by atoms with Crippen molar-refractivity contribution in [2.75, 3.05) is 53.5 Å². The van der Waals surface area contributed by atoms with Crippen LogP contribution in [0.5, 0.6) is 17.2 Å². The van der Waals surface area contributed by atoms with Crippen LogP contribution in [0.15, 0.2) is 54.6 Å². The van der Waals surface area contributed by atoms with Crippen molar-refractivity contribution in [2.24, 2.45) is 0 Å². The summed E-state index contributed by atoms with van der Waals surface area (Å²) in [4.78, 5) is 4.59. The van der Waals surface area contributed by atoms with Gasteiger partial charge in [0.05, 0.1) is 7.11 Å². The van der Waals surface area contributed by atoms with Gasteiger partial charge in [-0.05, 0) is 59.3 Å². The van der Waals surface area contributed by atoms with Crippen molar-refractivity contribution in [1.82, 2.24) is 9.80 Å². The molecule has 3 aromatic carbocycles. The Morgan fingerprint density at radius 1 is 0.903 bits per heavy atom. The van der Waals surface area contributed by atoms with E-state index in [0.717, 1.165) is 53.8 Å². The van der Waals surface area contributed by atoms with E-state index in [0.29, 0.717) is 12.3 Å². The van der Waals surface area contributed by atoms with Crippen molar-refractivity contribution in [1.29, 1.82) is 0 Å². The van der Waals surface area contributed by atoms with Crippen molar-refractivity contribution < 1.29 is 19.7 Å².